The molecular formula is C21H24N6O. The van der Waals surface area contributed by atoms with Crippen molar-refractivity contribution in [1.29, 1.82) is 0 Å². The van der Waals surface area contributed by atoms with Crippen molar-refractivity contribution in [1.82, 2.24) is 25.0 Å². The Morgan fingerprint density at radius 2 is 1.89 bits per heavy atom. The number of benzene rings is 1. The zero-order chi connectivity index (χ0) is 20.3. The van der Waals surface area contributed by atoms with Crippen LogP contribution in [0, 0.1) is 13.8 Å². The van der Waals surface area contributed by atoms with E-state index < -0.39 is 5.91 Å². The maximum atomic E-state index is 12.2. The second kappa shape index (κ2) is 8.12. The molecule has 28 heavy (non-hydrogen) atoms. The topological polar surface area (TPSA) is 84.5 Å². The van der Waals surface area contributed by atoms with Crippen molar-refractivity contribution in [3.63, 3.8) is 0 Å². The molecule has 0 atom stereocenters. The quantitative estimate of drug-likeness (QED) is 0.544. The van der Waals surface area contributed by atoms with E-state index in [0.29, 0.717) is 11.7 Å². The van der Waals surface area contributed by atoms with E-state index in [1.165, 1.54) is 10.1 Å². The lowest BCUT2D eigenvalue weighted by Crippen LogP contribution is -2.19. The number of rotatable bonds is 5. The molecule has 0 spiro atoms. The maximum absolute atomic E-state index is 12.2. The van der Waals surface area contributed by atoms with Gasteiger partial charge in [0.15, 0.2) is 0 Å². The first kappa shape index (κ1) is 19.4. The largest absolute Gasteiger partial charge is 0.311 e. The summed E-state index contributed by atoms with van der Waals surface area (Å²) in [7, 11) is 0. The highest BCUT2D eigenvalue weighted by Gasteiger charge is 2.14. The van der Waals surface area contributed by atoms with Gasteiger partial charge in [-0.25, -0.2) is 14.9 Å². The molecule has 7 nitrogen and oxygen atoms in total. The number of carbonyl (C=O) groups is 1. The van der Waals surface area contributed by atoms with E-state index in [2.05, 4.69) is 63.7 Å². The number of allylic oxidation sites excluding steroid dienone is 1. The Morgan fingerprint density at radius 1 is 1.18 bits per heavy atom. The number of hydrazone groups is 1. The molecule has 0 bridgehead atoms. The van der Waals surface area contributed by atoms with Gasteiger partial charge in [0.1, 0.15) is 0 Å². The van der Waals surface area contributed by atoms with Crippen LogP contribution in [0.2, 0.25) is 0 Å². The number of amides is 1. The molecule has 1 aromatic carbocycles. The SMILES string of the molecule is CC(/C=N\NC(=O)c1nc2nc(C)cc(C)n2n1)=C/c1ccc(C(C)C)cc1. The van der Waals surface area contributed by atoms with Crippen LogP contribution in [0.15, 0.2) is 41.0 Å². The van der Waals surface area contributed by atoms with E-state index >= 15 is 0 Å². The molecule has 7 heteroatoms. The van der Waals surface area contributed by atoms with Crippen LogP contribution in [-0.2, 0) is 0 Å². The molecule has 0 aliphatic carbocycles. The third-order valence-electron chi connectivity index (χ3n) is 4.25. The first-order valence-electron chi connectivity index (χ1n) is 9.16. The highest BCUT2D eigenvalue weighted by Crippen LogP contribution is 2.16. The van der Waals surface area contributed by atoms with E-state index in [9.17, 15) is 4.79 Å². The molecule has 0 unspecified atom stereocenters. The number of nitrogens with one attached hydrogen (secondary N) is 1. The number of hydrogen-bond acceptors (Lipinski definition) is 5. The summed E-state index contributed by atoms with van der Waals surface area (Å²) in [5.41, 5.74) is 7.44. The van der Waals surface area contributed by atoms with Crippen molar-refractivity contribution in [2.45, 2.75) is 40.5 Å². The van der Waals surface area contributed by atoms with Crippen LogP contribution < -0.4 is 5.43 Å². The minimum absolute atomic E-state index is 0.0317. The molecule has 3 aromatic rings. The molecule has 0 aliphatic rings. The molecule has 0 saturated carbocycles. The van der Waals surface area contributed by atoms with Crippen molar-refractivity contribution in [2.75, 3.05) is 0 Å². The zero-order valence-electron chi connectivity index (χ0n) is 16.8. The average Bonchev–Trinajstić information content (AvgIpc) is 3.06. The van der Waals surface area contributed by atoms with Crippen LogP contribution in [-0.4, -0.2) is 31.7 Å². The lowest BCUT2D eigenvalue weighted by molar-refractivity contribution is 0.0945. The number of fused-ring (bicyclic) bond motifs is 1. The average molecular weight is 376 g/mol. The normalized spacial score (nSPS) is 12.3. The lowest BCUT2D eigenvalue weighted by atomic mass is 10.0. The number of nitrogens with zero attached hydrogens (tertiary/aromatic N) is 5. The molecule has 1 amide bonds. The number of aromatic nitrogens is 4. The van der Waals surface area contributed by atoms with E-state index in [1.54, 1.807) is 6.21 Å². The van der Waals surface area contributed by atoms with Crippen LogP contribution in [0.5, 0.6) is 0 Å². The van der Waals surface area contributed by atoms with Gasteiger partial charge in [0, 0.05) is 11.4 Å². The monoisotopic (exact) mass is 376 g/mol. The summed E-state index contributed by atoms with van der Waals surface area (Å²) in [6.07, 6.45) is 3.59. The Balaban J connectivity index is 1.66. The lowest BCUT2D eigenvalue weighted by Gasteiger charge is -2.04. The van der Waals surface area contributed by atoms with Gasteiger partial charge in [0.2, 0.25) is 5.82 Å². The van der Waals surface area contributed by atoms with Crippen LogP contribution >= 0.6 is 0 Å². The fraction of sp³-hybridized carbons (Fsp3) is 0.286. The highest BCUT2D eigenvalue weighted by molar-refractivity contribution is 5.92. The van der Waals surface area contributed by atoms with Gasteiger partial charge < -0.3 is 0 Å². The minimum atomic E-state index is -0.479. The van der Waals surface area contributed by atoms with Crippen LogP contribution in [0.4, 0.5) is 0 Å². The number of hydrogen-bond donors (Lipinski definition) is 1. The summed E-state index contributed by atoms with van der Waals surface area (Å²) in [5, 5.41) is 8.18. The number of carbonyl (C=O) groups excluding carboxylic acids is 1. The van der Waals surface area contributed by atoms with Gasteiger partial charge in [0.25, 0.3) is 5.78 Å². The summed E-state index contributed by atoms with van der Waals surface area (Å²) in [5.74, 6) is 0.455. The van der Waals surface area contributed by atoms with Crippen molar-refractivity contribution in [3.8, 4) is 0 Å². The molecule has 0 radical (unpaired) electrons. The first-order valence-corrected chi connectivity index (χ1v) is 9.16. The molecular weight excluding hydrogens is 352 g/mol. The fourth-order valence-electron chi connectivity index (χ4n) is 2.78. The smallest absolute Gasteiger partial charge is 0.264 e. The molecule has 0 aliphatic heterocycles. The van der Waals surface area contributed by atoms with E-state index in [-0.39, 0.29) is 5.82 Å². The Morgan fingerprint density at radius 3 is 2.57 bits per heavy atom. The molecule has 1 N–H and O–H groups in total. The Hall–Kier alpha value is -3.35. The Kier molecular flexibility index (Phi) is 5.63. The molecule has 3 rings (SSSR count). The Labute approximate surface area is 164 Å². The van der Waals surface area contributed by atoms with Crippen molar-refractivity contribution in [3.05, 3.63) is 64.2 Å². The molecule has 2 aromatic heterocycles. The van der Waals surface area contributed by atoms with Crippen molar-refractivity contribution >= 4 is 24.0 Å². The van der Waals surface area contributed by atoms with Gasteiger partial charge in [-0.05, 0) is 49.5 Å². The van der Waals surface area contributed by atoms with E-state index in [1.807, 2.05) is 32.9 Å². The highest BCUT2D eigenvalue weighted by atomic mass is 16.2. The van der Waals surface area contributed by atoms with Gasteiger partial charge in [-0.1, -0.05) is 44.2 Å². The van der Waals surface area contributed by atoms with Crippen molar-refractivity contribution < 1.29 is 4.79 Å². The van der Waals surface area contributed by atoms with E-state index in [4.69, 9.17) is 0 Å². The summed E-state index contributed by atoms with van der Waals surface area (Å²) in [4.78, 5) is 20.7. The van der Waals surface area contributed by atoms with E-state index in [0.717, 1.165) is 22.5 Å². The third-order valence-corrected chi connectivity index (χ3v) is 4.25. The van der Waals surface area contributed by atoms with Crippen LogP contribution in [0.25, 0.3) is 11.9 Å². The van der Waals surface area contributed by atoms with Crippen LogP contribution in [0.3, 0.4) is 0 Å². The second-order valence-electron chi connectivity index (χ2n) is 7.09. The van der Waals surface area contributed by atoms with Crippen molar-refractivity contribution in [2.24, 2.45) is 5.10 Å². The summed E-state index contributed by atoms with van der Waals surface area (Å²) >= 11 is 0. The predicted octanol–water partition coefficient (Wildman–Crippen LogP) is 3.68. The molecule has 0 fully saturated rings. The van der Waals surface area contributed by atoms with Gasteiger partial charge in [-0.3, -0.25) is 4.79 Å². The number of aryl methyl sites for hydroxylation is 2. The van der Waals surface area contributed by atoms with Crippen LogP contribution in [0.1, 0.15) is 59.8 Å². The summed E-state index contributed by atoms with van der Waals surface area (Å²) in [6.45, 7) is 10.0. The second-order valence-corrected chi connectivity index (χ2v) is 7.09. The van der Waals surface area contributed by atoms with Gasteiger partial charge in [-0.2, -0.15) is 10.1 Å². The van der Waals surface area contributed by atoms with Gasteiger partial charge >= 0.3 is 5.91 Å². The standard InChI is InChI=1S/C21H24N6O/c1-13(2)18-8-6-17(7-9-18)10-14(3)12-22-25-20(28)19-24-21-23-15(4)11-16(5)27(21)26-19/h6-13H,1-5H3,(H,25,28)/b14-10-,22-12-. The fourth-order valence-corrected chi connectivity index (χ4v) is 2.78. The minimum Gasteiger partial charge on any atom is -0.264 e. The van der Waals surface area contributed by atoms with Gasteiger partial charge in [-0.15, -0.1) is 5.10 Å². The Bertz CT molecular complexity index is 1060. The third kappa shape index (κ3) is 4.49. The summed E-state index contributed by atoms with van der Waals surface area (Å²) < 4.78 is 1.54. The molecule has 144 valence electrons. The molecule has 2 heterocycles. The zero-order valence-corrected chi connectivity index (χ0v) is 16.8. The summed E-state index contributed by atoms with van der Waals surface area (Å²) in [6, 6.07) is 10.3. The predicted molar refractivity (Wildman–Crippen MR) is 110 cm³/mol. The maximum Gasteiger partial charge on any atom is 0.311 e. The first-order chi connectivity index (χ1) is 13.3. The van der Waals surface area contributed by atoms with Gasteiger partial charge in [0.05, 0.1) is 6.21 Å². The molecule has 0 saturated heterocycles.